The van der Waals surface area contributed by atoms with E-state index >= 15 is 0 Å². The molecular formula is C19H15LaN6OS3-. The van der Waals surface area contributed by atoms with Crippen LogP contribution < -0.4 is 0 Å². The van der Waals surface area contributed by atoms with Crippen molar-refractivity contribution in [3.8, 4) is 12.1 Å². The van der Waals surface area contributed by atoms with Gasteiger partial charge in [0.25, 0.3) is 0 Å². The molecule has 1 atom stereocenters. The molecule has 0 amide bonds. The van der Waals surface area contributed by atoms with Gasteiger partial charge < -0.3 is 9.97 Å². The van der Waals surface area contributed by atoms with Gasteiger partial charge in [-0.25, -0.2) is 9.97 Å². The number of nitrogens with zero attached hydrogens (tertiary/aromatic N) is 6. The number of aryl methyl sites for hydroxylation is 2. The standard InChI is InChI=1S/C10H9N3OS2.C9H6N3S.La/c1-3-7-6(4-11)5-12-9-8(7)15-10(13-9)16(2)14;1-2-7-6(3-10)4-11-9-8(7)13-5-12-9;/h5H,3H2,1-2H3;4H,2H2,1H3;/q;-1;. The van der Waals surface area contributed by atoms with E-state index in [1.54, 1.807) is 12.5 Å². The summed E-state index contributed by atoms with van der Waals surface area (Å²) >= 11 is 2.78. The van der Waals surface area contributed by atoms with Gasteiger partial charge in [-0.2, -0.15) is 10.5 Å². The average molecular weight is 578 g/mol. The number of rotatable bonds is 3. The summed E-state index contributed by atoms with van der Waals surface area (Å²) in [6, 6.07) is 4.25. The third-order valence-corrected chi connectivity index (χ3v) is 7.37. The number of nitriles is 2. The first-order valence-corrected chi connectivity index (χ1v) is 11.8. The fourth-order valence-electron chi connectivity index (χ4n) is 2.74. The number of hydrogen-bond acceptors (Lipinski definition) is 9. The molecule has 0 bridgehead atoms. The molecule has 0 aliphatic carbocycles. The smallest absolute Gasteiger partial charge is 0.183 e. The molecule has 4 aromatic heterocycles. The molecule has 0 aliphatic heterocycles. The van der Waals surface area contributed by atoms with E-state index in [1.807, 2.05) is 13.8 Å². The monoisotopic (exact) mass is 578 g/mol. The van der Waals surface area contributed by atoms with Gasteiger partial charge in [-0.05, 0) is 23.9 Å². The minimum absolute atomic E-state index is 0. The van der Waals surface area contributed by atoms with Crippen molar-refractivity contribution in [2.75, 3.05) is 6.26 Å². The minimum atomic E-state index is -1.10. The third kappa shape index (κ3) is 5.00. The van der Waals surface area contributed by atoms with Crippen LogP contribution >= 0.6 is 22.7 Å². The molecule has 0 spiro atoms. The molecule has 0 aromatic carbocycles. The molecule has 4 aromatic rings. The van der Waals surface area contributed by atoms with Gasteiger partial charge in [-0.3, -0.25) is 15.5 Å². The van der Waals surface area contributed by atoms with E-state index in [0.29, 0.717) is 26.8 Å². The summed E-state index contributed by atoms with van der Waals surface area (Å²) < 4.78 is 13.8. The molecule has 11 heteroatoms. The van der Waals surface area contributed by atoms with Crippen LogP contribution in [0.3, 0.4) is 0 Å². The van der Waals surface area contributed by atoms with Gasteiger partial charge in [0.2, 0.25) is 0 Å². The molecule has 4 heterocycles. The van der Waals surface area contributed by atoms with E-state index in [1.165, 1.54) is 28.9 Å². The van der Waals surface area contributed by atoms with Crippen molar-refractivity contribution in [2.24, 2.45) is 0 Å². The number of fused-ring (bicyclic) bond motifs is 2. The molecule has 0 saturated heterocycles. The van der Waals surface area contributed by atoms with Crippen molar-refractivity contribution in [2.45, 2.75) is 31.0 Å². The van der Waals surface area contributed by atoms with Gasteiger partial charge in [-0.15, -0.1) is 11.3 Å². The van der Waals surface area contributed by atoms with E-state index in [4.69, 9.17) is 10.5 Å². The molecule has 4 rings (SSSR count). The maximum absolute atomic E-state index is 11.3. The first kappa shape index (κ1) is 24.7. The number of thiazole rings is 2. The van der Waals surface area contributed by atoms with Crippen molar-refractivity contribution in [1.29, 1.82) is 10.5 Å². The van der Waals surface area contributed by atoms with Crippen LogP contribution in [-0.4, -0.2) is 30.4 Å². The van der Waals surface area contributed by atoms with Gasteiger partial charge in [0.1, 0.15) is 6.07 Å². The fraction of sp³-hybridized carbons (Fsp3) is 0.263. The average Bonchev–Trinajstić information content (AvgIpc) is 3.39. The summed E-state index contributed by atoms with van der Waals surface area (Å²) in [7, 11) is -1.10. The topological polar surface area (TPSA) is 116 Å². The molecule has 0 N–H and O–H groups in total. The first-order chi connectivity index (χ1) is 14.0. The Balaban J connectivity index is 0.000000211. The molecule has 1 unspecified atom stereocenters. The van der Waals surface area contributed by atoms with Gasteiger partial charge in [0, 0.05) is 59.9 Å². The molecule has 30 heavy (non-hydrogen) atoms. The zero-order chi connectivity index (χ0) is 21.0. The van der Waals surface area contributed by atoms with Gasteiger partial charge in [0.05, 0.1) is 32.7 Å². The summed E-state index contributed by atoms with van der Waals surface area (Å²) in [5.74, 6) is 0. The normalized spacial score (nSPS) is 11.1. The van der Waals surface area contributed by atoms with Crippen molar-refractivity contribution in [1.82, 2.24) is 19.9 Å². The summed E-state index contributed by atoms with van der Waals surface area (Å²) in [4.78, 5) is 16.3. The predicted octanol–water partition coefficient (Wildman–Crippen LogP) is 3.79. The van der Waals surface area contributed by atoms with Crippen LogP contribution in [0.25, 0.3) is 20.7 Å². The predicted molar refractivity (Wildman–Crippen MR) is 114 cm³/mol. The molecule has 0 fully saturated rings. The quantitative estimate of drug-likeness (QED) is 0.340. The zero-order valence-electron chi connectivity index (χ0n) is 16.5. The second-order valence-corrected chi connectivity index (χ2v) is 9.12. The van der Waals surface area contributed by atoms with Crippen LogP contribution in [0, 0.1) is 63.8 Å². The van der Waals surface area contributed by atoms with Crippen molar-refractivity contribution in [3.63, 3.8) is 0 Å². The van der Waals surface area contributed by atoms with Crippen molar-refractivity contribution in [3.05, 3.63) is 40.2 Å². The number of pyridine rings is 2. The molecule has 1 radical (unpaired) electrons. The van der Waals surface area contributed by atoms with Crippen LogP contribution in [0.4, 0.5) is 0 Å². The van der Waals surface area contributed by atoms with Gasteiger partial charge in [0.15, 0.2) is 9.99 Å². The zero-order valence-corrected chi connectivity index (χ0v) is 22.5. The Morgan fingerprint density at radius 1 is 1.03 bits per heavy atom. The van der Waals surface area contributed by atoms with E-state index in [9.17, 15) is 4.21 Å². The Hall–Kier alpha value is -1.60. The summed E-state index contributed by atoms with van der Waals surface area (Å²) in [5.41, 5.74) is 7.27. The van der Waals surface area contributed by atoms with Crippen molar-refractivity contribution < 1.29 is 39.8 Å². The van der Waals surface area contributed by atoms with Crippen LogP contribution in [0.2, 0.25) is 0 Å². The maximum atomic E-state index is 11.3. The first-order valence-electron chi connectivity index (χ1n) is 8.60. The van der Waals surface area contributed by atoms with Crippen LogP contribution in [0.15, 0.2) is 16.7 Å². The van der Waals surface area contributed by atoms with E-state index in [-0.39, 0.29) is 35.6 Å². The Labute approximate surface area is 212 Å². The maximum Gasteiger partial charge on any atom is 0.183 e. The Kier molecular flexibility index (Phi) is 9.17. The third-order valence-electron chi connectivity index (χ3n) is 4.12. The molecule has 0 aliphatic rings. The van der Waals surface area contributed by atoms with E-state index in [2.05, 4.69) is 37.6 Å². The molecule has 0 saturated carbocycles. The second-order valence-electron chi connectivity index (χ2n) is 5.78. The Morgan fingerprint density at radius 3 is 2.13 bits per heavy atom. The van der Waals surface area contributed by atoms with Crippen LogP contribution in [-0.2, 0) is 23.6 Å². The molecular weight excluding hydrogens is 563 g/mol. The minimum Gasteiger partial charge on any atom is -0.367 e. The second kappa shape index (κ2) is 11.1. The number of aromatic nitrogens is 4. The molecule has 149 valence electrons. The van der Waals surface area contributed by atoms with Gasteiger partial charge >= 0.3 is 0 Å². The van der Waals surface area contributed by atoms with Crippen LogP contribution in [0.5, 0.6) is 0 Å². The van der Waals surface area contributed by atoms with Crippen LogP contribution in [0.1, 0.15) is 36.1 Å². The Morgan fingerprint density at radius 2 is 1.60 bits per heavy atom. The largest absolute Gasteiger partial charge is 0.367 e. The Bertz CT molecular complexity index is 1300. The van der Waals surface area contributed by atoms with Crippen molar-refractivity contribution >= 4 is 54.2 Å². The van der Waals surface area contributed by atoms with E-state index in [0.717, 1.165) is 33.4 Å². The summed E-state index contributed by atoms with van der Waals surface area (Å²) in [6.45, 7) is 4.01. The summed E-state index contributed by atoms with van der Waals surface area (Å²) in [5, 5.41) is 17.8. The SMILES string of the molecule is CCc1c(C#N)cnc2n[c-]sc12.CCc1c(C#N)cnc2nc(S(C)=O)sc12.[La]. The summed E-state index contributed by atoms with van der Waals surface area (Å²) in [6.07, 6.45) is 6.28. The fourth-order valence-corrected chi connectivity index (χ4v) is 5.34. The van der Waals surface area contributed by atoms with Gasteiger partial charge in [-0.1, -0.05) is 24.1 Å². The molecule has 7 nitrogen and oxygen atoms in total. The van der Waals surface area contributed by atoms with E-state index < -0.39 is 10.8 Å². The number of hydrogen-bond donors (Lipinski definition) is 0.